The minimum atomic E-state index is -0.851. The van der Waals surface area contributed by atoms with E-state index in [2.05, 4.69) is 5.32 Å². The zero-order valence-electron chi connectivity index (χ0n) is 8.70. The van der Waals surface area contributed by atoms with Gasteiger partial charge in [-0.25, -0.2) is 0 Å². The first kappa shape index (κ1) is 12.0. The number of carboxylic acids is 1. The molecule has 2 atom stereocenters. The number of carbonyl (C=O) groups is 1. The van der Waals surface area contributed by atoms with E-state index in [4.69, 9.17) is 16.7 Å². The summed E-state index contributed by atoms with van der Waals surface area (Å²) in [7, 11) is 0. The smallest absolute Gasteiger partial charge is 0.320 e. The predicted octanol–water partition coefficient (Wildman–Crippen LogP) is 2.46. The van der Waals surface area contributed by atoms with Crippen molar-refractivity contribution in [3.05, 3.63) is 34.9 Å². The van der Waals surface area contributed by atoms with Crippen molar-refractivity contribution < 1.29 is 9.90 Å². The van der Waals surface area contributed by atoms with Gasteiger partial charge in [0.05, 0.1) is 0 Å². The number of aliphatic carboxylic acids is 1. The monoisotopic (exact) mass is 227 g/mol. The highest BCUT2D eigenvalue weighted by Gasteiger charge is 2.14. The third-order valence-corrected chi connectivity index (χ3v) is 2.49. The Labute approximate surface area is 94.1 Å². The van der Waals surface area contributed by atoms with E-state index < -0.39 is 12.0 Å². The third-order valence-electron chi connectivity index (χ3n) is 2.24. The van der Waals surface area contributed by atoms with E-state index in [0.29, 0.717) is 5.02 Å². The van der Waals surface area contributed by atoms with E-state index in [0.717, 1.165) is 5.56 Å². The van der Waals surface area contributed by atoms with E-state index in [1.54, 1.807) is 19.1 Å². The quantitative estimate of drug-likeness (QED) is 0.831. The van der Waals surface area contributed by atoms with Crippen molar-refractivity contribution in [2.45, 2.75) is 25.9 Å². The lowest BCUT2D eigenvalue weighted by molar-refractivity contribution is -0.139. The summed E-state index contributed by atoms with van der Waals surface area (Å²) in [6, 6.07) is 6.79. The average Bonchev–Trinajstić information content (AvgIpc) is 2.18. The second-order valence-corrected chi connectivity index (χ2v) is 3.94. The molecule has 0 aliphatic heterocycles. The normalized spacial score (nSPS) is 14.6. The largest absolute Gasteiger partial charge is 0.480 e. The van der Waals surface area contributed by atoms with E-state index >= 15 is 0 Å². The molecule has 0 fully saturated rings. The van der Waals surface area contributed by atoms with Crippen LogP contribution in [-0.4, -0.2) is 17.1 Å². The molecule has 82 valence electrons. The molecule has 1 aromatic carbocycles. The van der Waals surface area contributed by atoms with Crippen molar-refractivity contribution in [1.29, 1.82) is 0 Å². The number of benzene rings is 1. The maximum atomic E-state index is 10.6. The Morgan fingerprint density at radius 1 is 1.33 bits per heavy atom. The summed E-state index contributed by atoms with van der Waals surface area (Å²) < 4.78 is 0. The van der Waals surface area contributed by atoms with Gasteiger partial charge in [-0.2, -0.15) is 0 Å². The van der Waals surface area contributed by atoms with Crippen LogP contribution >= 0.6 is 11.6 Å². The van der Waals surface area contributed by atoms with Crippen LogP contribution in [0.15, 0.2) is 24.3 Å². The van der Waals surface area contributed by atoms with Crippen molar-refractivity contribution in [2.24, 2.45) is 0 Å². The first-order valence-electron chi connectivity index (χ1n) is 4.75. The lowest BCUT2D eigenvalue weighted by Crippen LogP contribution is -2.35. The number of rotatable bonds is 4. The molecule has 1 unspecified atom stereocenters. The predicted molar refractivity (Wildman–Crippen MR) is 60.1 cm³/mol. The number of nitrogens with one attached hydrogen (secondary N) is 1. The molecule has 1 rings (SSSR count). The number of hydrogen-bond acceptors (Lipinski definition) is 2. The van der Waals surface area contributed by atoms with Gasteiger partial charge < -0.3 is 5.11 Å². The second kappa shape index (κ2) is 5.14. The highest BCUT2D eigenvalue weighted by Crippen LogP contribution is 2.16. The van der Waals surface area contributed by atoms with Gasteiger partial charge in [-0.3, -0.25) is 10.1 Å². The first-order valence-corrected chi connectivity index (χ1v) is 5.13. The van der Waals surface area contributed by atoms with Crippen molar-refractivity contribution >= 4 is 17.6 Å². The zero-order chi connectivity index (χ0) is 11.4. The van der Waals surface area contributed by atoms with E-state index in [9.17, 15) is 4.79 Å². The van der Waals surface area contributed by atoms with Gasteiger partial charge in [-0.05, 0) is 31.5 Å². The molecule has 0 aliphatic rings. The van der Waals surface area contributed by atoms with Crippen molar-refractivity contribution in [3.63, 3.8) is 0 Å². The molecule has 0 aliphatic carbocycles. The molecule has 0 aromatic heterocycles. The number of hydrogen-bond donors (Lipinski definition) is 2. The van der Waals surface area contributed by atoms with Crippen LogP contribution in [0, 0.1) is 0 Å². The molecule has 0 saturated heterocycles. The molecular weight excluding hydrogens is 214 g/mol. The van der Waals surface area contributed by atoms with Gasteiger partial charge in [0, 0.05) is 11.1 Å². The van der Waals surface area contributed by atoms with E-state index in [-0.39, 0.29) is 6.04 Å². The van der Waals surface area contributed by atoms with Gasteiger partial charge in [0.1, 0.15) is 6.04 Å². The van der Waals surface area contributed by atoms with Crippen LogP contribution in [0.25, 0.3) is 0 Å². The SMILES string of the molecule is CC(N[C@@H](C)c1ccc(Cl)cc1)C(=O)O. The summed E-state index contributed by atoms with van der Waals surface area (Å²) >= 11 is 5.76. The Balaban J connectivity index is 2.64. The molecule has 1 aromatic rings. The lowest BCUT2D eigenvalue weighted by Gasteiger charge is -2.17. The minimum Gasteiger partial charge on any atom is -0.480 e. The summed E-state index contributed by atoms with van der Waals surface area (Å²) in [5, 5.41) is 12.4. The molecule has 0 heterocycles. The van der Waals surface area contributed by atoms with Gasteiger partial charge in [-0.1, -0.05) is 23.7 Å². The fraction of sp³-hybridized carbons (Fsp3) is 0.364. The summed E-state index contributed by atoms with van der Waals surface area (Å²) in [6.45, 7) is 3.54. The number of carboxylic acid groups (broad SMARTS) is 1. The van der Waals surface area contributed by atoms with Crippen LogP contribution in [-0.2, 0) is 4.79 Å². The standard InChI is InChI=1S/C11H14ClNO2/c1-7(13-8(2)11(14)15)9-3-5-10(12)6-4-9/h3-8,13H,1-2H3,(H,14,15)/t7-,8?/m0/s1. The van der Waals surface area contributed by atoms with Crippen LogP contribution in [0.4, 0.5) is 0 Å². The zero-order valence-corrected chi connectivity index (χ0v) is 9.45. The highest BCUT2D eigenvalue weighted by molar-refractivity contribution is 6.30. The Morgan fingerprint density at radius 2 is 1.87 bits per heavy atom. The lowest BCUT2D eigenvalue weighted by atomic mass is 10.1. The van der Waals surface area contributed by atoms with Crippen molar-refractivity contribution in [3.8, 4) is 0 Å². The fourth-order valence-corrected chi connectivity index (χ4v) is 1.42. The second-order valence-electron chi connectivity index (χ2n) is 3.50. The topological polar surface area (TPSA) is 49.3 Å². The van der Waals surface area contributed by atoms with Crippen LogP contribution in [0.3, 0.4) is 0 Å². The van der Waals surface area contributed by atoms with Gasteiger partial charge in [0.2, 0.25) is 0 Å². The molecule has 0 amide bonds. The maximum Gasteiger partial charge on any atom is 0.320 e. The molecule has 0 spiro atoms. The summed E-state index contributed by atoms with van der Waals surface area (Å²) in [5.74, 6) is -0.851. The third kappa shape index (κ3) is 3.53. The van der Waals surface area contributed by atoms with E-state index in [1.807, 2.05) is 19.1 Å². The van der Waals surface area contributed by atoms with E-state index in [1.165, 1.54) is 0 Å². The minimum absolute atomic E-state index is 0.00614. The Morgan fingerprint density at radius 3 is 2.33 bits per heavy atom. The molecule has 0 radical (unpaired) electrons. The Bertz CT molecular complexity index is 337. The summed E-state index contributed by atoms with van der Waals surface area (Å²) in [6.07, 6.45) is 0. The van der Waals surface area contributed by atoms with Crippen molar-refractivity contribution in [2.75, 3.05) is 0 Å². The average molecular weight is 228 g/mol. The van der Waals surface area contributed by atoms with Crippen LogP contribution < -0.4 is 5.32 Å². The van der Waals surface area contributed by atoms with Gasteiger partial charge in [0.15, 0.2) is 0 Å². The van der Waals surface area contributed by atoms with Crippen LogP contribution in [0.5, 0.6) is 0 Å². The van der Waals surface area contributed by atoms with Gasteiger partial charge >= 0.3 is 5.97 Å². The molecule has 2 N–H and O–H groups in total. The molecule has 0 saturated carbocycles. The first-order chi connectivity index (χ1) is 7.00. The maximum absolute atomic E-state index is 10.6. The Kier molecular flexibility index (Phi) is 4.12. The van der Waals surface area contributed by atoms with Crippen molar-refractivity contribution in [1.82, 2.24) is 5.32 Å². The highest BCUT2D eigenvalue weighted by atomic mass is 35.5. The van der Waals surface area contributed by atoms with Gasteiger partial charge in [-0.15, -0.1) is 0 Å². The van der Waals surface area contributed by atoms with Crippen LogP contribution in [0.1, 0.15) is 25.5 Å². The fourth-order valence-electron chi connectivity index (χ4n) is 1.29. The van der Waals surface area contributed by atoms with Crippen LogP contribution in [0.2, 0.25) is 5.02 Å². The summed E-state index contributed by atoms with van der Waals surface area (Å²) in [4.78, 5) is 10.6. The molecule has 4 heteroatoms. The Hall–Kier alpha value is -1.06. The summed E-state index contributed by atoms with van der Waals surface area (Å²) in [5.41, 5.74) is 1.02. The van der Waals surface area contributed by atoms with Gasteiger partial charge in [0.25, 0.3) is 0 Å². The molecule has 3 nitrogen and oxygen atoms in total. The molecule has 15 heavy (non-hydrogen) atoms. The molecule has 0 bridgehead atoms. The molecular formula is C11H14ClNO2. The number of halogens is 1.